The van der Waals surface area contributed by atoms with E-state index in [1.807, 2.05) is 12.1 Å². The largest absolute Gasteiger partial charge is 0.497 e. The monoisotopic (exact) mass is 396 g/mol. The molecule has 1 atom stereocenters. The Morgan fingerprint density at radius 1 is 1.29 bits per heavy atom. The van der Waals surface area contributed by atoms with Crippen molar-refractivity contribution in [2.75, 3.05) is 25.2 Å². The molecule has 0 saturated carbocycles. The van der Waals surface area contributed by atoms with E-state index in [4.69, 9.17) is 14.5 Å². The zero-order valence-electron chi connectivity index (χ0n) is 16.2. The van der Waals surface area contributed by atoms with Crippen molar-refractivity contribution >= 4 is 32.6 Å². The van der Waals surface area contributed by atoms with Crippen LogP contribution in [0.2, 0.25) is 0 Å². The van der Waals surface area contributed by atoms with E-state index in [9.17, 15) is 4.79 Å². The number of rotatable bonds is 6. The standard InChI is InChI=1S/C22H24N2O3S/c1-3-15-6-4-8-19-20(15)23-22(28-19)24(14-18-7-5-13-27-18)21(25)16-9-11-17(26-2)12-10-16/h4,6,8-12,18H,3,5,7,13-14H2,1-2H3. The maximum atomic E-state index is 13.4. The molecule has 1 amide bonds. The first-order valence-corrected chi connectivity index (χ1v) is 10.5. The highest BCUT2D eigenvalue weighted by Crippen LogP contribution is 2.33. The van der Waals surface area contributed by atoms with E-state index in [2.05, 4.69) is 25.1 Å². The van der Waals surface area contributed by atoms with Crippen LogP contribution in [0.15, 0.2) is 42.5 Å². The number of aryl methyl sites for hydroxylation is 1. The summed E-state index contributed by atoms with van der Waals surface area (Å²) in [4.78, 5) is 20.0. The highest BCUT2D eigenvalue weighted by Gasteiger charge is 2.27. The smallest absolute Gasteiger partial charge is 0.260 e. The number of aromatic nitrogens is 1. The molecule has 1 unspecified atom stereocenters. The van der Waals surface area contributed by atoms with Crippen molar-refractivity contribution in [2.45, 2.75) is 32.3 Å². The molecule has 1 saturated heterocycles. The lowest BCUT2D eigenvalue weighted by atomic mass is 10.1. The lowest BCUT2D eigenvalue weighted by Gasteiger charge is -2.23. The Kier molecular flexibility index (Phi) is 5.59. The highest BCUT2D eigenvalue weighted by molar-refractivity contribution is 7.22. The Bertz CT molecular complexity index is 962. The predicted octanol–water partition coefficient (Wildman–Crippen LogP) is 4.69. The highest BCUT2D eigenvalue weighted by atomic mass is 32.1. The van der Waals surface area contributed by atoms with Gasteiger partial charge in [-0.25, -0.2) is 4.98 Å². The van der Waals surface area contributed by atoms with Crippen LogP contribution in [0.5, 0.6) is 5.75 Å². The maximum absolute atomic E-state index is 13.4. The van der Waals surface area contributed by atoms with Gasteiger partial charge in [0.05, 0.1) is 30.0 Å². The molecular weight excluding hydrogens is 372 g/mol. The summed E-state index contributed by atoms with van der Waals surface area (Å²) in [5.74, 6) is 0.671. The molecule has 2 aromatic carbocycles. The normalized spacial score (nSPS) is 16.4. The van der Waals surface area contributed by atoms with Gasteiger partial charge in [-0.15, -0.1) is 0 Å². The first-order valence-electron chi connectivity index (χ1n) is 9.65. The van der Waals surface area contributed by atoms with E-state index in [0.29, 0.717) is 12.1 Å². The summed E-state index contributed by atoms with van der Waals surface area (Å²) in [5, 5.41) is 0.729. The number of fused-ring (bicyclic) bond motifs is 1. The van der Waals surface area contributed by atoms with Crippen LogP contribution in [0.3, 0.4) is 0 Å². The van der Waals surface area contributed by atoms with Gasteiger partial charge in [-0.05, 0) is 55.2 Å². The number of para-hydroxylation sites is 1. The molecule has 1 aromatic heterocycles. The number of methoxy groups -OCH3 is 1. The van der Waals surface area contributed by atoms with E-state index < -0.39 is 0 Å². The molecule has 0 aliphatic carbocycles. The molecule has 0 bridgehead atoms. The Labute approximate surface area is 168 Å². The van der Waals surface area contributed by atoms with Gasteiger partial charge in [0.2, 0.25) is 0 Å². The molecule has 1 aliphatic heterocycles. The van der Waals surface area contributed by atoms with Gasteiger partial charge in [0, 0.05) is 12.2 Å². The molecule has 1 fully saturated rings. The van der Waals surface area contributed by atoms with Crippen molar-refractivity contribution in [3.05, 3.63) is 53.6 Å². The Morgan fingerprint density at radius 2 is 2.11 bits per heavy atom. The number of hydrogen-bond donors (Lipinski definition) is 0. The number of ether oxygens (including phenoxy) is 2. The zero-order chi connectivity index (χ0) is 19.5. The Balaban J connectivity index is 1.71. The molecule has 0 spiro atoms. The summed E-state index contributed by atoms with van der Waals surface area (Å²) in [6.07, 6.45) is 2.98. The van der Waals surface area contributed by atoms with Crippen LogP contribution in [0.1, 0.15) is 35.7 Å². The maximum Gasteiger partial charge on any atom is 0.260 e. The van der Waals surface area contributed by atoms with Crippen LogP contribution in [-0.4, -0.2) is 37.3 Å². The minimum Gasteiger partial charge on any atom is -0.497 e. The van der Waals surface area contributed by atoms with E-state index >= 15 is 0 Å². The fourth-order valence-corrected chi connectivity index (χ4v) is 4.55. The van der Waals surface area contributed by atoms with Crippen molar-refractivity contribution in [1.29, 1.82) is 0 Å². The third-order valence-electron chi connectivity index (χ3n) is 5.10. The van der Waals surface area contributed by atoms with E-state index in [1.54, 1.807) is 35.5 Å². The molecule has 6 heteroatoms. The zero-order valence-corrected chi connectivity index (χ0v) is 17.0. The fourth-order valence-electron chi connectivity index (χ4n) is 3.52. The van der Waals surface area contributed by atoms with Gasteiger partial charge >= 0.3 is 0 Å². The van der Waals surface area contributed by atoms with Crippen LogP contribution in [0.25, 0.3) is 10.2 Å². The minimum atomic E-state index is -0.0599. The summed E-state index contributed by atoms with van der Waals surface area (Å²) >= 11 is 1.56. The number of hydrogen-bond acceptors (Lipinski definition) is 5. The predicted molar refractivity (Wildman–Crippen MR) is 113 cm³/mol. The second kappa shape index (κ2) is 8.29. The van der Waals surface area contributed by atoms with E-state index in [1.165, 1.54) is 5.56 Å². The van der Waals surface area contributed by atoms with Crippen molar-refractivity contribution < 1.29 is 14.3 Å². The van der Waals surface area contributed by atoms with Crippen LogP contribution >= 0.6 is 11.3 Å². The minimum absolute atomic E-state index is 0.0554. The average molecular weight is 397 g/mol. The molecule has 28 heavy (non-hydrogen) atoms. The third kappa shape index (κ3) is 3.75. The lowest BCUT2D eigenvalue weighted by molar-refractivity contribution is 0.0917. The molecular formula is C22H24N2O3S. The van der Waals surface area contributed by atoms with Gasteiger partial charge in [-0.3, -0.25) is 9.69 Å². The van der Waals surface area contributed by atoms with E-state index in [0.717, 1.165) is 47.0 Å². The number of carbonyl (C=O) groups excluding carboxylic acids is 1. The number of nitrogens with zero attached hydrogens (tertiary/aromatic N) is 2. The second-order valence-corrected chi connectivity index (χ2v) is 7.90. The molecule has 146 valence electrons. The third-order valence-corrected chi connectivity index (χ3v) is 6.14. The molecule has 1 aliphatic rings. The van der Waals surface area contributed by atoms with Gasteiger partial charge in [-0.2, -0.15) is 0 Å². The molecule has 5 nitrogen and oxygen atoms in total. The SMILES string of the molecule is CCc1cccc2sc(N(CC3CCCO3)C(=O)c3ccc(OC)cc3)nc12. The Hall–Kier alpha value is -2.44. The van der Waals surface area contributed by atoms with Gasteiger partial charge in [0.1, 0.15) is 5.75 Å². The number of thiazole rings is 1. The molecule has 3 aromatic rings. The number of anilines is 1. The summed E-state index contributed by atoms with van der Waals surface area (Å²) in [6.45, 7) is 3.40. The van der Waals surface area contributed by atoms with Crippen molar-refractivity contribution in [3.8, 4) is 5.75 Å². The average Bonchev–Trinajstić information content (AvgIpc) is 3.40. The second-order valence-electron chi connectivity index (χ2n) is 6.89. The van der Waals surface area contributed by atoms with Crippen LogP contribution in [0, 0.1) is 0 Å². The van der Waals surface area contributed by atoms with Crippen molar-refractivity contribution in [2.24, 2.45) is 0 Å². The number of amides is 1. The van der Waals surface area contributed by atoms with Crippen LogP contribution in [-0.2, 0) is 11.2 Å². The van der Waals surface area contributed by atoms with Crippen molar-refractivity contribution in [1.82, 2.24) is 4.98 Å². The van der Waals surface area contributed by atoms with Gasteiger partial charge in [0.15, 0.2) is 5.13 Å². The molecule has 0 radical (unpaired) electrons. The fraction of sp³-hybridized carbons (Fsp3) is 0.364. The van der Waals surface area contributed by atoms with Crippen LogP contribution in [0.4, 0.5) is 5.13 Å². The summed E-state index contributed by atoms with van der Waals surface area (Å²) in [7, 11) is 1.62. The van der Waals surface area contributed by atoms with Gasteiger partial charge in [-0.1, -0.05) is 30.4 Å². The summed E-state index contributed by atoms with van der Waals surface area (Å²) in [6, 6.07) is 13.4. The molecule has 2 heterocycles. The van der Waals surface area contributed by atoms with Crippen LogP contribution < -0.4 is 9.64 Å². The van der Waals surface area contributed by atoms with Crippen molar-refractivity contribution in [3.63, 3.8) is 0 Å². The molecule has 0 N–H and O–H groups in total. The molecule has 4 rings (SSSR count). The topological polar surface area (TPSA) is 51.7 Å². The quantitative estimate of drug-likeness (QED) is 0.606. The first-order chi connectivity index (χ1) is 13.7. The summed E-state index contributed by atoms with van der Waals surface area (Å²) in [5.41, 5.74) is 2.81. The number of carbonyl (C=O) groups is 1. The van der Waals surface area contributed by atoms with E-state index in [-0.39, 0.29) is 12.0 Å². The van der Waals surface area contributed by atoms with Gasteiger partial charge in [0.25, 0.3) is 5.91 Å². The number of benzene rings is 2. The Morgan fingerprint density at radius 3 is 2.79 bits per heavy atom. The summed E-state index contributed by atoms with van der Waals surface area (Å²) < 4.78 is 12.1. The first kappa shape index (κ1) is 18.9. The lowest BCUT2D eigenvalue weighted by Crippen LogP contribution is -2.37. The van der Waals surface area contributed by atoms with Gasteiger partial charge < -0.3 is 9.47 Å².